The van der Waals surface area contributed by atoms with Crippen LogP contribution in [0.15, 0.2) is 194 Å². The van der Waals surface area contributed by atoms with E-state index in [1.807, 2.05) is 17.4 Å². The molecule has 8 aromatic carbocycles. The summed E-state index contributed by atoms with van der Waals surface area (Å²) in [5.41, 5.74) is 11.3. The van der Waals surface area contributed by atoms with Crippen LogP contribution in [0, 0.1) is 0 Å². The van der Waals surface area contributed by atoms with E-state index in [-0.39, 0.29) is 0 Å². The molecule has 12 aromatic rings. The number of hydrogen-bond acceptors (Lipinski definition) is 4. The average Bonchev–Trinajstić information content (AvgIpc) is 3.85. The summed E-state index contributed by atoms with van der Waals surface area (Å²) in [7, 11) is 0. The number of benzene rings is 8. The highest BCUT2D eigenvalue weighted by Gasteiger charge is 2.19. The molecule has 0 spiro atoms. The van der Waals surface area contributed by atoms with Crippen molar-refractivity contribution in [3.05, 3.63) is 194 Å². The highest BCUT2D eigenvalue weighted by Crippen LogP contribution is 2.44. The van der Waals surface area contributed by atoms with E-state index in [4.69, 9.17) is 15.0 Å². The van der Waals surface area contributed by atoms with Crippen molar-refractivity contribution in [1.29, 1.82) is 0 Å². The summed E-state index contributed by atoms with van der Waals surface area (Å²) >= 11 is 1.86. The van der Waals surface area contributed by atoms with Crippen LogP contribution < -0.4 is 0 Å². The van der Waals surface area contributed by atoms with Crippen molar-refractivity contribution in [3.8, 4) is 50.8 Å². The minimum atomic E-state index is 0.646. The Balaban J connectivity index is 1.01. The van der Waals surface area contributed by atoms with Crippen LogP contribution in [0.2, 0.25) is 0 Å². The third kappa shape index (κ3) is 5.18. The standard InChI is InChI=1S/C53H32N4S/c1-3-13-34(14-4-1)43-32-44(56-53(55-43)57-46-20-10-7-17-38(46)39-18-8-11-21-47(39)57)35-25-23-33(24-26-35)37-27-28-40-45(31-37)54-52(36-15-5-2-6-16-36)42-29-30-49-51(50(40)42)41-19-9-12-22-48(41)58-49/h1-32H. The van der Waals surface area contributed by atoms with E-state index >= 15 is 0 Å². The highest BCUT2D eigenvalue weighted by atomic mass is 32.1. The maximum absolute atomic E-state index is 5.40. The summed E-state index contributed by atoms with van der Waals surface area (Å²) in [5.74, 6) is 0.646. The molecule has 4 nitrogen and oxygen atoms in total. The predicted octanol–water partition coefficient (Wildman–Crippen LogP) is 14.3. The number of fused-ring (bicyclic) bond motifs is 10. The third-order valence-electron chi connectivity index (χ3n) is 11.4. The number of nitrogens with zero attached hydrogens (tertiary/aromatic N) is 4. The maximum atomic E-state index is 5.40. The molecule has 0 fully saturated rings. The Labute approximate surface area is 338 Å². The SMILES string of the molecule is c1ccc(-c2cc(-c3ccc(-c4ccc5c(c4)nc(-c4ccccc4)c4ccc6sc7ccccc7c6c45)cc3)nc(-n3c4ccccc4c4ccccc43)n2)cc1. The van der Waals surface area contributed by atoms with Gasteiger partial charge in [0.15, 0.2) is 0 Å². The maximum Gasteiger partial charge on any atom is 0.235 e. The van der Waals surface area contributed by atoms with Crippen molar-refractivity contribution >= 4 is 75.0 Å². The first-order valence-electron chi connectivity index (χ1n) is 19.5. The van der Waals surface area contributed by atoms with Gasteiger partial charge in [0.2, 0.25) is 5.95 Å². The fourth-order valence-electron chi connectivity index (χ4n) is 8.72. The van der Waals surface area contributed by atoms with E-state index < -0.39 is 0 Å². The second kappa shape index (κ2) is 13.1. The summed E-state index contributed by atoms with van der Waals surface area (Å²) in [5, 5.41) is 8.56. The minimum Gasteiger partial charge on any atom is -0.278 e. The molecule has 0 aliphatic carbocycles. The normalized spacial score (nSPS) is 11.8. The fourth-order valence-corrected chi connectivity index (χ4v) is 9.83. The van der Waals surface area contributed by atoms with Crippen LogP contribution in [0.4, 0.5) is 0 Å². The molecule has 4 aromatic heterocycles. The lowest BCUT2D eigenvalue weighted by molar-refractivity contribution is 0.995. The molecular weight excluding hydrogens is 725 g/mol. The van der Waals surface area contributed by atoms with E-state index in [1.165, 1.54) is 41.7 Å². The first-order chi connectivity index (χ1) is 28.7. The summed E-state index contributed by atoms with van der Waals surface area (Å²) in [4.78, 5) is 15.9. The Hall–Kier alpha value is -7.47. The molecule has 0 saturated carbocycles. The Morgan fingerprint density at radius 2 is 0.897 bits per heavy atom. The van der Waals surface area contributed by atoms with Crippen LogP contribution in [0.1, 0.15) is 0 Å². The molecule has 12 rings (SSSR count). The Bertz CT molecular complexity index is 3500. The van der Waals surface area contributed by atoms with Gasteiger partial charge < -0.3 is 0 Å². The van der Waals surface area contributed by atoms with Gasteiger partial charge in [0.05, 0.1) is 33.6 Å². The topological polar surface area (TPSA) is 43.6 Å². The van der Waals surface area contributed by atoms with Crippen LogP contribution in [-0.4, -0.2) is 19.5 Å². The van der Waals surface area contributed by atoms with Gasteiger partial charge in [0, 0.05) is 63.8 Å². The molecule has 0 amide bonds. The summed E-state index contributed by atoms with van der Waals surface area (Å²) in [6.07, 6.45) is 0. The Kier molecular flexibility index (Phi) is 7.37. The van der Waals surface area contributed by atoms with E-state index in [9.17, 15) is 0 Å². The van der Waals surface area contributed by atoms with Crippen molar-refractivity contribution in [2.75, 3.05) is 0 Å². The zero-order chi connectivity index (χ0) is 38.2. The number of aromatic nitrogens is 4. The summed E-state index contributed by atoms with van der Waals surface area (Å²) in [6, 6.07) is 68.8. The molecule has 0 N–H and O–H groups in total. The van der Waals surface area contributed by atoms with Gasteiger partial charge in [-0.05, 0) is 47.5 Å². The van der Waals surface area contributed by atoms with E-state index in [0.29, 0.717) is 5.95 Å². The Morgan fingerprint density at radius 3 is 1.60 bits per heavy atom. The van der Waals surface area contributed by atoms with Crippen LogP contribution in [0.3, 0.4) is 0 Å². The molecule has 4 heterocycles. The highest BCUT2D eigenvalue weighted by molar-refractivity contribution is 7.26. The zero-order valence-corrected chi connectivity index (χ0v) is 32.0. The van der Waals surface area contributed by atoms with Crippen LogP contribution in [0.25, 0.3) is 115 Å². The molecular formula is C53H32N4S. The lowest BCUT2D eigenvalue weighted by Gasteiger charge is -2.13. The number of thiophene rings is 1. The molecule has 58 heavy (non-hydrogen) atoms. The smallest absolute Gasteiger partial charge is 0.235 e. The van der Waals surface area contributed by atoms with Gasteiger partial charge in [-0.15, -0.1) is 11.3 Å². The zero-order valence-electron chi connectivity index (χ0n) is 31.2. The number of rotatable bonds is 5. The van der Waals surface area contributed by atoms with E-state index in [0.717, 1.165) is 66.8 Å². The van der Waals surface area contributed by atoms with Crippen molar-refractivity contribution in [2.45, 2.75) is 0 Å². The van der Waals surface area contributed by atoms with Gasteiger partial charge in [0.25, 0.3) is 0 Å². The fraction of sp³-hybridized carbons (Fsp3) is 0. The van der Waals surface area contributed by atoms with Gasteiger partial charge >= 0.3 is 0 Å². The number of para-hydroxylation sites is 2. The Morgan fingerprint density at radius 1 is 0.345 bits per heavy atom. The van der Waals surface area contributed by atoms with E-state index in [1.54, 1.807) is 0 Å². The second-order valence-corrected chi connectivity index (χ2v) is 15.9. The minimum absolute atomic E-state index is 0.646. The van der Waals surface area contributed by atoms with Crippen molar-refractivity contribution in [2.24, 2.45) is 0 Å². The predicted molar refractivity (Wildman–Crippen MR) is 244 cm³/mol. The first kappa shape index (κ1) is 32.7. The quantitative estimate of drug-likeness (QED) is 0.164. The number of pyridine rings is 1. The van der Waals surface area contributed by atoms with Crippen molar-refractivity contribution in [3.63, 3.8) is 0 Å². The van der Waals surface area contributed by atoms with E-state index in [2.05, 4.69) is 193 Å². The monoisotopic (exact) mass is 756 g/mol. The number of hydrogen-bond donors (Lipinski definition) is 0. The third-order valence-corrected chi connectivity index (χ3v) is 12.6. The van der Waals surface area contributed by atoms with Crippen LogP contribution in [0.5, 0.6) is 0 Å². The average molecular weight is 757 g/mol. The lowest BCUT2D eigenvalue weighted by atomic mass is 9.94. The molecule has 0 atom stereocenters. The lowest BCUT2D eigenvalue weighted by Crippen LogP contribution is -2.03. The van der Waals surface area contributed by atoms with Crippen LogP contribution >= 0.6 is 11.3 Å². The molecule has 0 aliphatic rings. The molecule has 0 saturated heterocycles. The largest absolute Gasteiger partial charge is 0.278 e. The molecule has 0 bridgehead atoms. The summed E-state index contributed by atoms with van der Waals surface area (Å²) in [6.45, 7) is 0. The van der Waals surface area contributed by atoms with Gasteiger partial charge in [-0.3, -0.25) is 4.57 Å². The first-order valence-corrected chi connectivity index (χ1v) is 20.3. The van der Waals surface area contributed by atoms with Crippen LogP contribution in [-0.2, 0) is 0 Å². The van der Waals surface area contributed by atoms with Crippen molar-refractivity contribution in [1.82, 2.24) is 19.5 Å². The molecule has 0 unspecified atom stereocenters. The molecule has 270 valence electrons. The van der Waals surface area contributed by atoms with Gasteiger partial charge in [-0.1, -0.05) is 158 Å². The molecule has 0 radical (unpaired) electrons. The van der Waals surface area contributed by atoms with Crippen molar-refractivity contribution < 1.29 is 0 Å². The second-order valence-electron chi connectivity index (χ2n) is 14.8. The molecule has 0 aliphatic heterocycles. The summed E-state index contributed by atoms with van der Waals surface area (Å²) < 4.78 is 4.79. The van der Waals surface area contributed by atoms with Gasteiger partial charge in [-0.25, -0.2) is 15.0 Å². The van der Waals surface area contributed by atoms with Gasteiger partial charge in [-0.2, -0.15) is 0 Å². The van der Waals surface area contributed by atoms with Gasteiger partial charge in [0.1, 0.15) is 0 Å². The molecule has 5 heteroatoms.